The van der Waals surface area contributed by atoms with Gasteiger partial charge in [-0.2, -0.15) is 0 Å². The lowest BCUT2D eigenvalue weighted by Gasteiger charge is -2.32. The molecule has 94 valence electrons. The Morgan fingerprint density at radius 2 is 2.18 bits per heavy atom. The number of nitrogens with two attached hydrogens (primary N) is 1. The molecule has 0 radical (unpaired) electrons. The first kappa shape index (κ1) is 12.2. The van der Waals surface area contributed by atoms with Crippen molar-refractivity contribution in [3.63, 3.8) is 0 Å². The molecule has 0 aromatic heterocycles. The molecule has 1 aromatic rings. The second kappa shape index (κ2) is 5.41. The summed E-state index contributed by atoms with van der Waals surface area (Å²) in [5.74, 6) is 1.72. The molecule has 0 spiro atoms. The van der Waals surface area contributed by atoms with Gasteiger partial charge < -0.3 is 15.8 Å². The highest BCUT2D eigenvalue weighted by molar-refractivity contribution is 5.51. The molecule has 0 atom stereocenters. The Hall–Kier alpha value is -1.22. The number of anilines is 1. The fourth-order valence-electron chi connectivity index (χ4n) is 2.38. The standard InChI is InChI=1S/C14H22N2O/c1-3-11-8-13(4-5-14(11)17-2)16-9-10-6-12(15)7-10/h4-5,8,10,12,16H,3,6-7,9,15H2,1-2H3. The van der Waals surface area contributed by atoms with Gasteiger partial charge in [-0.05, 0) is 48.9 Å². The van der Waals surface area contributed by atoms with Crippen molar-refractivity contribution >= 4 is 5.69 Å². The molecule has 0 unspecified atom stereocenters. The molecule has 17 heavy (non-hydrogen) atoms. The fraction of sp³-hybridized carbons (Fsp3) is 0.571. The molecule has 1 aromatic carbocycles. The van der Waals surface area contributed by atoms with Crippen LogP contribution in [-0.2, 0) is 6.42 Å². The van der Waals surface area contributed by atoms with Gasteiger partial charge in [0.05, 0.1) is 7.11 Å². The molecule has 1 saturated carbocycles. The number of nitrogens with one attached hydrogen (secondary N) is 1. The van der Waals surface area contributed by atoms with Gasteiger partial charge in [-0.1, -0.05) is 6.92 Å². The zero-order chi connectivity index (χ0) is 12.3. The van der Waals surface area contributed by atoms with Gasteiger partial charge in [0.1, 0.15) is 5.75 Å². The van der Waals surface area contributed by atoms with Crippen LogP contribution in [-0.4, -0.2) is 19.7 Å². The van der Waals surface area contributed by atoms with E-state index in [0.717, 1.165) is 37.5 Å². The Morgan fingerprint density at radius 3 is 2.76 bits per heavy atom. The van der Waals surface area contributed by atoms with E-state index in [1.54, 1.807) is 7.11 Å². The Kier molecular flexibility index (Phi) is 3.89. The highest BCUT2D eigenvalue weighted by atomic mass is 16.5. The number of hydrogen-bond donors (Lipinski definition) is 2. The molecular formula is C14H22N2O. The molecule has 2 rings (SSSR count). The predicted molar refractivity (Wildman–Crippen MR) is 71.6 cm³/mol. The quantitative estimate of drug-likeness (QED) is 0.822. The van der Waals surface area contributed by atoms with E-state index < -0.39 is 0 Å². The smallest absolute Gasteiger partial charge is 0.122 e. The van der Waals surface area contributed by atoms with Crippen LogP contribution in [0.4, 0.5) is 5.69 Å². The van der Waals surface area contributed by atoms with Crippen molar-refractivity contribution < 1.29 is 4.74 Å². The number of benzene rings is 1. The van der Waals surface area contributed by atoms with Crippen LogP contribution in [0.25, 0.3) is 0 Å². The normalized spacial score (nSPS) is 23.0. The summed E-state index contributed by atoms with van der Waals surface area (Å²) >= 11 is 0. The monoisotopic (exact) mass is 234 g/mol. The van der Waals surface area contributed by atoms with Crippen molar-refractivity contribution in [1.82, 2.24) is 0 Å². The lowest BCUT2D eigenvalue weighted by Crippen LogP contribution is -2.39. The minimum absolute atomic E-state index is 0.434. The van der Waals surface area contributed by atoms with E-state index in [-0.39, 0.29) is 0 Å². The molecule has 0 bridgehead atoms. The largest absolute Gasteiger partial charge is 0.496 e. The summed E-state index contributed by atoms with van der Waals surface area (Å²) in [4.78, 5) is 0. The van der Waals surface area contributed by atoms with Gasteiger partial charge in [-0.15, -0.1) is 0 Å². The van der Waals surface area contributed by atoms with Crippen molar-refractivity contribution in [3.8, 4) is 5.75 Å². The fourth-order valence-corrected chi connectivity index (χ4v) is 2.38. The van der Waals surface area contributed by atoms with E-state index in [1.807, 2.05) is 6.07 Å². The molecule has 0 heterocycles. The lowest BCUT2D eigenvalue weighted by atomic mass is 9.81. The van der Waals surface area contributed by atoms with Crippen LogP contribution in [0, 0.1) is 5.92 Å². The molecule has 1 aliphatic rings. The first-order valence-corrected chi connectivity index (χ1v) is 6.39. The minimum Gasteiger partial charge on any atom is -0.496 e. The third-order valence-corrected chi connectivity index (χ3v) is 3.53. The molecular weight excluding hydrogens is 212 g/mol. The lowest BCUT2D eigenvalue weighted by molar-refractivity contribution is 0.280. The Morgan fingerprint density at radius 1 is 1.41 bits per heavy atom. The van der Waals surface area contributed by atoms with Crippen molar-refractivity contribution in [2.24, 2.45) is 11.7 Å². The Labute approximate surface area is 103 Å². The summed E-state index contributed by atoms with van der Waals surface area (Å²) in [6.07, 6.45) is 3.31. The summed E-state index contributed by atoms with van der Waals surface area (Å²) in [5, 5.41) is 3.48. The molecule has 0 aliphatic heterocycles. The zero-order valence-electron chi connectivity index (χ0n) is 10.7. The Balaban J connectivity index is 1.92. The average Bonchev–Trinajstić information content (AvgIpc) is 2.32. The first-order chi connectivity index (χ1) is 8.22. The van der Waals surface area contributed by atoms with Crippen LogP contribution in [0.2, 0.25) is 0 Å². The van der Waals surface area contributed by atoms with E-state index in [0.29, 0.717) is 6.04 Å². The van der Waals surface area contributed by atoms with Gasteiger partial charge in [0.25, 0.3) is 0 Å². The zero-order valence-corrected chi connectivity index (χ0v) is 10.7. The summed E-state index contributed by atoms with van der Waals surface area (Å²) in [6, 6.07) is 6.73. The van der Waals surface area contributed by atoms with Gasteiger partial charge >= 0.3 is 0 Å². The van der Waals surface area contributed by atoms with Crippen LogP contribution >= 0.6 is 0 Å². The summed E-state index contributed by atoms with van der Waals surface area (Å²) in [5.41, 5.74) is 8.21. The number of ether oxygens (including phenoxy) is 1. The number of hydrogen-bond acceptors (Lipinski definition) is 3. The van der Waals surface area contributed by atoms with Crippen LogP contribution < -0.4 is 15.8 Å². The maximum atomic E-state index is 5.78. The summed E-state index contributed by atoms with van der Waals surface area (Å²) in [6.45, 7) is 3.18. The summed E-state index contributed by atoms with van der Waals surface area (Å²) in [7, 11) is 1.72. The van der Waals surface area contributed by atoms with Gasteiger partial charge in [0, 0.05) is 18.3 Å². The second-order valence-corrected chi connectivity index (χ2v) is 4.86. The van der Waals surface area contributed by atoms with Gasteiger partial charge in [0.2, 0.25) is 0 Å². The van der Waals surface area contributed by atoms with E-state index in [9.17, 15) is 0 Å². The van der Waals surface area contributed by atoms with Crippen LogP contribution in [0.3, 0.4) is 0 Å². The average molecular weight is 234 g/mol. The molecule has 0 saturated heterocycles. The van der Waals surface area contributed by atoms with Crippen LogP contribution in [0.1, 0.15) is 25.3 Å². The molecule has 0 amide bonds. The number of aryl methyl sites for hydroxylation is 1. The molecule has 3 heteroatoms. The maximum absolute atomic E-state index is 5.78. The van der Waals surface area contributed by atoms with Gasteiger partial charge in [0.15, 0.2) is 0 Å². The van der Waals surface area contributed by atoms with Crippen molar-refractivity contribution in [2.75, 3.05) is 19.0 Å². The van der Waals surface area contributed by atoms with Crippen molar-refractivity contribution in [1.29, 1.82) is 0 Å². The SMILES string of the molecule is CCc1cc(NCC2CC(N)C2)ccc1OC. The second-order valence-electron chi connectivity index (χ2n) is 4.86. The topological polar surface area (TPSA) is 47.3 Å². The number of rotatable bonds is 5. The third-order valence-electron chi connectivity index (χ3n) is 3.53. The van der Waals surface area contributed by atoms with Gasteiger partial charge in [-0.3, -0.25) is 0 Å². The summed E-state index contributed by atoms with van der Waals surface area (Å²) < 4.78 is 5.32. The number of methoxy groups -OCH3 is 1. The highest BCUT2D eigenvalue weighted by Gasteiger charge is 2.25. The molecule has 1 fully saturated rings. The van der Waals surface area contributed by atoms with Crippen molar-refractivity contribution in [3.05, 3.63) is 23.8 Å². The highest BCUT2D eigenvalue weighted by Crippen LogP contribution is 2.27. The minimum atomic E-state index is 0.434. The molecule has 3 nitrogen and oxygen atoms in total. The molecule has 1 aliphatic carbocycles. The van der Waals surface area contributed by atoms with E-state index in [1.165, 1.54) is 11.3 Å². The van der Waals surface area contributed by atoms with Gasteiger partial charge in [-0.25, -0.2) is 0 Å². The van der Waals surface area contributed by atoms with Crippen LogP contribution in [0.5, 0.6) is 5.75 Å². The first-order valence-electron chi connectivity index (χ1n) is 6.39. The third kappa shape index (κ3) is 2.91. The Bertz CT molecular complexity index is 372. The van der Waals surface area contributed by atoms with Crippen molar-refractivity contribution in [2.45, 2.75) is 32.2 Å². The van der Waals surface area contributed by atoms with E-state index >= 15 is 0 Å². The predicted octanol–water partition coefficient (Wildman–Crippen LogP) is 2.41. The van der Waals surface area contributed by atoms with E-state index in [2.05, 4.69) is 24.4 Å². The van der Waals surface area contributed by atoms with Crippen LogP contribution in [0.15, 0.2) is 18.2 Å². The molecule has 3 N–H and O–H groups in total. The maximum Gasteiger partial charge on any atom is 0.122 e. The van der Waals surface area contributed by atoms with E-state index in [4.69, 9.17) is 10.5 Å².